The van der Waals surface area contributed by atoms with E-state index in [2.05, 4.69) is 21.2 Å². The van der Waals surface area contributed by atoms with Crippen LogP contribution in [0, 0.1) is 0 Å². The number of carboxylic acid groups (broad SMARTS) is 1. The number of ether oxygens (including phenoxy) is 1. The quantitative estimate of drug-likeness (QED) is 0.901. The molecule has 4 nitrogen and oxygen atoms in total. The van der Waals surface area contributed by atoms with Crippen molar-refractivity contribution in [3.63, 3.8) is 0 Å². The highest BCUT2D eigenvalue weighted by Gasteiger charge is 2.41. The molecule has 2 N–H and O–H groups in total. The SMILES string of the molecule is O=C(O)CC1(Oc2ccc3cc(Br)ccc3c2)CNC1. The average molecular weight is 336 g/mol. The molecule has 0 bridgehead atoms. The number of nitrogens with one attached hydrogen (secondary N) is 1. The highest BCUT2D eigenvalue weighted by Crippen LogP contribution is 2.29. The van der Waals surface area contributed by atoms with Crippen molar-refractivity contribution in [2.45, 2.75) is 12.0 Å². The molecule has 0 aliphatic carbocycles. The first-order valence-electron chi connectivity index (χ1n) is 6.37. The summed E-state index contributed by atoms with van der Waals surface area (Å²) in [5.41, 5.74) is -0.616. The van der Waals surface area contributed by atoms with Crippen LogP contribution >= 0.6 is 15.9 Å². The molecule has 0 aromatic heterocycles. The normalized spacial score (nSPS) is 16.6. The molecule has 2 aromatic rings. The summed E-state index contributed by atoms with van der Waals surface area (Å²) in [4.78, 5) is 10.9. The number of aliphatic carboxylic acids is 1. The van der Waals surface area contributed by atoms with Crippen LogP contribution in [0.1, 0.15) is 6.42 Å². The van der Waals surface area contributed by atoms with Crippen molar-refractivity contribution in [2.24, 2.45) is 0 Å². The number of carbonyl (C=O) groups is 1. The van der Waals surface area contributed by atoms with Crippen LogP contribution in [0.3, 0.4) is 0 Å². The van der Waals surface area contributed by atoms with E-state index >= 15 is 0 Å². The van der Waals surface area contributed by atoms with E-state index in [-0.39, 0.29) is 6.42 Å². The Bertz CT molecular complexity index is 667. The van der Waals surface area contributed by atoms with Crippen molar-refractivity contribution in [3.8, 4) is 5.75 Å². The second-order valence-electron chi connectivity index (χ2n) is 5.11. The third kappa shape index (κ3) is 2.64. The van der Waals surface area contributed by atoms with Crippen LogP contribution < -0.4 is 10.1 Å². The summed E-state index contributed by atoms with van der Waals surface area (Å²) in [6, 6.07) is 11.8. The predicted octanol–water partition coefficient (Wildman–Crippen LogP) is 2.80. The third-order valence-corrected chi connectivity index (χ3v) is 3.97. The van der Waals surface area contributed by atoms with E-state index in [4.69, 9.17) is 9.84 Å². The fourth-order valence-corrected chi connectivity index (χ4v) is 2.80. The number of carboxylic acids is 1. The first-order valence-corrected chi connectivity index (χ1v) is 7.17. The fourth-order valence-electron chi connectivity index (χ4n) is 2.42. The largest absolute Gasteiger partial charge is 0.484 e. The Morgan fingerprint density at radius 2 is 1.95 bits per heavy atom. The van der Waals surface area contributed by atoms with Gasteiger partial charge in [-0.25, -0.2) is 0 Å². The molecule has 0 radical (unpaired) electrons. The number of hydrogen-bond acceptors (Lipinski definition) is 3. The molecule has 0 saturated carbocycles. The minimum atomic E-state index is -0.837. The van der Waals surface area contributed by atoms with Gasteiger partial charge >= 0.3 is 5.97 Å². The number of hydrogen-bond donors (Lipinski definition) is 2. The van der Waals surface area contributed by atoms with Gasteiger partial charge in [0.25, 0.3) is 0 Å². The van der Waals surface area contributed by atoms with Crippen LogP contribution in [0.15, 0.2) is 40.9 Å². The number of fused-ring (bicyclic) bond motifs is 1. The lowest BCUT2D eigenvalue weighted by Gasteiger charge is -2.41. The molecule has 0 spiro atoms. The van der Waals surface area contributed by atoms with Crippen molar-refractivity contribution < 1.29 is 14.6 Å². The summed E-state index contributed by atoms with van der Waals surface area (Å²) in [6.07, 6.45) is 0.0123. The first-order chi connectivity index (χ1) is 9.56. The van der Waals surface area contributed by atoms with Crippen molar-refractivity contribution in [1.29, 1.82) is 0 Å². The summed E-state index contributed by atoms with van der Waals surface area (Å²) in [7, 11) is 0. The van der Waals surface area contributed by atoms with Crippen LogP contribution in [-0.4, -0.2) is 29.8 Å². The maximum Gasteiger partial charge on any atom is 0.307 e. The Hall–Kier alpha value is -1.59. The molecule has 1 aliphatic rings. The van der Waals surface area contributed by atoms with Gasteiger partial charge < -0.3 is 15.2 Å². The van der Waals surface area contributed by atoms with Gasteiger partial charge in [0, 0.05) is 17.6 Å². The second-order valence-corrected chi connectivity index (χ2v) is 6.03. The highest BCUT2D eigenvalue weighted by atomic mass is 79.9. The van der Waals surface area contributed by atoms with Crippen LogP contribution in [0.4, 0.5) is 0 Å². The average Bonchev–Trinajstić information content (AvgIpc) is 2.36. The van der Waals surface area contributed by atoms with E-state index in [0.717, 1.165) is 15.2 Å². The van der Waals surface area contributed by atoms with Gasteiger partial charge in [-0.2, -0.15) is 0 Å². The lowest BCUT2D eigenvalue weighted by atomic mass is 9.92. The van der Waals surface area contributed by atoms with Crippen LogP contribution in [0.25, 0.3) is 10.8 Å². The van der Waals surface area contributed by atoms with E-state index in [0.29, 0.717) is 18.8 Å². The maximum atomic E-state index is 10.9. The van der Waals surface area contributed by atoms with E-state index in [9.17, 15) is 4.79 Å². The van der Waals surface area contributed by atoms with Gasteiger partial charge in [0.1, 0.15) is 11.4 Å². The van der Waals surface area contributed by atoms with Gasteiger partial charge in [0.05, 0.1) is 6.42 Å². The molecule has 20 heavy (non-hydrogen) atoms. The monoisotopic (exact) mass is 335 g/mol. The Morgan fingerprint density at radius 3 is 2.60 bits per heavy atom. The van der Waals surface area contributed by atoms with Gasteiger partial charge in [-0.3, -0.25) is 4.79 Å². The minimum absolute atomic E-state index is 0.0123. The smallest absolute Gasteiger partial charge is 0.307 e. The number of rotatable bonds is 4. The molecule has 0 unspecified atom stereocenters. The molecule has 1 fully saturated rings. The van der Waals surface area contributed by atoms with Gasteiger partial charge in [0.2, 0.25) is 0 Å². The van der Waals surface area contributed by atoms with E-state index in [1.54, 1.807) is 0 Å². The molecular weight excluding hydrogens is 322 g/mol. The number of benzene rings is 2. The molecule has 1 saturated heterocycles. The zero-order valence-corrected chi connectivity index (χ0v) is 12.3. The summed E-state index contributed by atoms with van der Waals surface area (Å²) in [5.74, 6) is -0.126. The van der Waals surface area contributed by atoms with Crippen LogP contribution in [-0.2, 0) is 4.79 Å². The van der Waals surface area contributed by atoms with E-state index in [1.807, 2.05) is 36.4 Å². The summed E-state index contributed by atoms with van der Waals surface area (Å²) in [6.45, 7) is 1.13. The standard InChI is InChI=1S/C15H14BrNO3/c16-12-3-1-11-6-13(4-2-10(11)5-12)20-15(7-14(18)19)8-17-9-15/h1-6,17H,7-9H2,(H,18,19). The lowest BCUT2D eigenvalue weighted by Crippen LogP contribution is -2.64. The van der Waals surface area contributed by atoms with Crippen LogP contribution in [0.5, 0.6) is 5.75 Å². The Morgan fingerprint density at radius 1 is 1.25 bits per heavy atom. The molecule has 5 heteroatoms. The van der Waals surface area contributed by atoms with Crippen molar-refractivity contribution >= 4 is 32.7 Å². The van der Waals surface area contributed by atoms with Crippen LogP contribution in [0.2, 0.25) is 0 Å². The van der Waals surface area contributed by atoms with E-state index in [1.165, 1.54) is 0 Å². The topological polar surface area (TPSA) is 58.6 Å². The Kier molecular flexibility index (Phi) is 3.40. The predicted molar refractivity (Wildman–Crippen MR) is 80.1 cm³/mol. The Labute approximate surface area is 124 Å². The van der Waals surface area contributed by atoms with Crippen molar-refractivity contribution in [1.82, 2.24) is 5.32 Å². The van der Waals surface area contributed by atoms with Gasteiger partial charge in [0.15, 0.2) is 0 Å². The van der Waals surface area contributed by atoms with Gasteiger partial charge in [-0.05, 0) is 35.0 Å². The zero-order valence-electron chi connectivity index (χ0n) is 10.7. The van der Waals surface area contributed by atoms with Crippen molar-refractivity contribution in [3.05, 3.63) is 40.9 Å². The molecule has 3 rings (SSSR count). The highest BCUT2D eigenvalue weighted by molar-refractivity contribution is 9.10. The fraction of sp³-hybridized carbons (Fsp3) is 0.267. The minimum Gasteiger partial charge on any atom is -0.484 e. The molecule has 1 heterocycles. The first kappa shape index (κ1) is 13.4. The molecular formula is C15H14BrNO3. The summed E-state index contributed by atoms with van der Waals surface area (Å²) in [5, 5.41) is 14.2. The number of halogens is 1. The summed E-state index contributed by atoms with van der Waals surface area (Å²) < 4.78 is 6.96. The third-order valence-electron chi connectivity index (χ3n) is 3.48. The molecule has 104 valence electrons. The van der Waals surface area contributed by atoms with Crippen molar-refractivity contribution in [2.75, 3.05) is 13.1 Å². The second kappa shape index (κ2) is 5.07. The lowest BCUT2D eigenvalue weighted by molar-refractivity contribution is -0.143. The summed E-state index contributed by atoms with van der Waals surface area (Å²) >= 11 is 3.44. The molecule has 0 amide bonds. The Balaban J connectivity index is 1.87. The van der Waals surface area contributed by atoms with E-state index < -0.39 is 11.6 Å². The molecule has 2 aromatic carbocycles. The molecule has 0 atom stereocenters. The molecule has 1 aliphatic heterocycles. The van der Waals surface area contributed by atoms with Gasteiger partial charge in [-0.1, -0.05) is 28.1 Å². The zero-order chi connectivity index (χ0) is 14.2. The maximum absolute atomic E-state index is 10.9. The van der Waals surface area contributed by atoms with Gasteiger partial charge in [-0.15, -0.1) is 0 Å².